The van der Waals surface area contributed by atoms with E-state index in [0.717, 1.165) is 10.5 Å². The molecule has 0 spiro atoms. The topological polar surface area (TPSA) is 60.2 Å². The van der Waals surface area contributed by atoms with Gasteiger partial charge in [-0.05, 0) is 40.2 Å². The highest BCUT2D eigenvalue weighted by Gasteiger charge is 2.32. The molecule has 3 nitrogen and oxygen atoms in total. The summed E-state index contributed by atoms with van der Waals surface area (Å²) in [5.41, 5.74) is 4.10. The van der Waals surface area contributed by atoms with Crippen LogP contribution in [-0.4, -0.2) is 8.42 Å². The molecule has 9 heteroatoms. The first kappa shape index (κ1) is 16.3. The number of nitrogens with two attached hydrogens (primary N) is 1. The van der Waals surface area contributed by atoms with Gasteiger partial charge in [0.15, 0.2) is 9.84 Å². The number of hydrogen-bond acceptors (Lipinski definition) is 4. The van der Waals surface area contributed by atoms with Crippen molar-refractivity contribution < 1.29 is 21.6 Å². The third-order valence-electron chi connectivity index (χ3n) is 2.63. The van der Waals surface area contributed by atoms with E-state index in [-0.39, 0.29) is 10.6 Å². The molecule has 0 radical (unpaired) electrons. The summed E-state index contributed by atoms with van der Waals surface area (Å²) in [6.45, 7) is 0. The summed E-state index contributed by atoms with van der Waals surface area (Å²) in [4.78, 5) is 0.279. The van der Waals surface area contributed by atoms with Gasteiger partial charge in [-0.2, -0.15) is 13.2 Å². The van der Waals surface area contributed by atoms with Gasteiger partial charge in [-0.3, -0.25) is 0 Å². The Morgan fingerprint density at radius 3 is 2.38 bits per heavy atom. The monoisotopic (exact) mass is 399 g/mol. The summed E-state index contributed by atoms with van der Waals surface area (Å²) in [5.74, 6) is -0.307. The van der Waals surface area contributed by atoms with E-state index in [1.54, 1.807) is 11.4 Å². The van der Waals surface area contributed by atoms with Crippen molar-refractivity contribution >= 4 is 42.8 Å². The van der Waals surface area contributed by atoms with Crippen LogP contribution in [0.25, 0.3) is 0 Å². The van der Waals surface area contributed by atoms with Gasteiger partial charge in [0, 0.05) is 14.7 Å². The van der Waals surface area contributed by atoms with E-state index in [2.05, 4.69) is 15.9 Å². The zero-order valence-corrected chi connectivity index (χ0v) is 13.5. The van der Waals surface area contributed by atoms with Gasteiger partial charge in [0.2, 0.25) is 0 Å². The van der Waals surface area contributed by atoms with Crippen LogP contribution in [0.1, 0.15) is 10.4 Å². The van der Waals surface area contributed by atoms with Crippen molar-refractivity contribution in [2.45, 2.75) is 16.8 Å². The predicted octanol–water partition coefficient (Wildman–Crippen LogP) is 4.09. The van der Waals surface area contributed by atoms with E-state index >= 15 is 0 Å². The van der Waals surface area contributed by atoms with Crippen molar-refractivity contribution in [3.05, 3.63) is 44.6 Å². The molecule has 114 valence electrons. The van der Waals surface area contributed by atoms with E-state index in [9.17, 15) is 21.6 Å². The Morgan fingerprint density at radius 2 is 1.90 bits per heavy atom. The lowest BCUT2D eigenvalue weighted by Gasteiger charge is -2.11. The molecule has 0 fully saturated rings. The Kier molecular flexibility index (Phi) is 4.36. The number of sulfone groups is 1. The maximum Gasteiger partial charge on any atom is 0.416 e. The first-order valence-electron chi connectivity index (χ1n) is 5.52. The second kappa shape index (κ2) is 5.62. The molecular weight excluding hydrogens is 391 g/mol. The zero-order valence-electron chi connectivity index (χ0n) is 10.3. The molecule has 2 rings (SSSR count). The van der Waals surface area contributed by atoms with Crippen LogP contribution in [0.5, 0.6) is 0 Å². The van der Waals surface area contributed by atoms with Gasteiger partial charge in [0.1, 0.15) is 0 Å². The summed E-state index contributed by atoms with van der Waals surface area (Å²) >= 11 is 4.45. The van der Waals surface area contributed by atoms with Crippen LogP contribution >= 0.6 is 27.3 Å². The smallest absolute Gasteiger partial charge is 0.398 e. The van der Waals surface area contributed by atoms with Crippen LogP contribution in [-0.2, 0) is 21.8 Å². The molecule has 0 aliphatic rings. The summed E-state index contributed by atoms with van der Waals surface area (Å²) in [5, 5.41) is 1.72. The van der Waals surface area contributed by atoms with E-state index in [4.69, 9.17) is 5.73 Å². The minimum atomic E-state index is -4.56. The molecule has 0 atom stereocenters. The quantitative estimate of drug-likeness (QED) is 0.790. The average Bonchev–Trinajstić information content (AvgIpc) is 2.72. The molecule has 2 N–H and O–H groups in total. The molecule has 1 heterocycles. The van der Waals surface area contributed by atoms with Crippen molar-refractivity contribution in [2.24, 2.45) is 0 Å². The Balaban J connectivity index is 2.37. The zero-order chi connectivity index (χ0) is 15.8. The average molecular weight is 400 g/mol. The molecule has 0 bridgehead atoms. The molecular formula is C12H9BrF3NO2S2. The third kappa shape index (κ3) is 3.78. The van der Waals surface area contributed by atoms with Gasteiger partial charge in [0.05, 0.1) is 21.9 Å². The second-order valence-electron chi connectivity index (χ2n) is 4.24. The molecule has 0 unspecified atom stereocenters. The van der Waals surface area contributed by atoms with Gasteiger partial charge < -0.3 is 5.73 Å². The highest BCUT2D eigenvalue weighted by Crippen LogP contribution is 2.33. The van der Waals surface area contributed by atoms with Gasteiger partial charge in [-0.1, -0.05) is 0 Å². The first-order chi connectivity index (χ1) is 9.59. The normalized spacial score (nSPS) is 12.6. The Labute approximate surface area is 131 Å². The number of hydrogen-bond donors (Lipinski definition) is 1. The first-order valence-corrected chi connectivity index (χ1v) is 8.84. The van der Waals surface area contributed by atoms with Crippen LogP contribution in [0, 0.1) is 0 Å². The summed E-state index contributed by atoms with van der Waals surface area (Å²) in [7, 11) is -3.80. The molecule has 0 aliphatic heterocycles. The molecule has 1 aromatic carbocycles. The number of alkyl halides is 3. The van der Waals surface area contributed by atoms with Gasteiger partial charge in [-0.25, -0.2) is 8.42 Å². The lowest BCUT2D eigenvalue weighted by Crippen LogP contribution is -2.10. The number of benzene rings is 1. The highest BCUT2D eigenvalue weighted by molar-refractivity contribution is 9.10. The molecule has 2 aromatic rings. The molecule has 1 aromatic heterocycles. The standard InChI is InChI=1S/C12H9BrF3NO2S2/c13-8-4-9(20-5-8)6-21(18,19)11-2-1-7(3-10(11)17)12(14,15)16/h1-5H,6,17H2. The highest BCUT2D eigenvalue weighted by atomic mass is 79.9. The van der Waals surface area contributed by atoms with E-state index in [1.165, 1.54) is 11.3 Å². The Hall–Kier alpha value is -1.06. The minimum Gasteiger partial charge on any atom is -0.398 e. The maximum atomic E-state index is 12.5. The van der Waals surface area contributed by atoms with Crippen molar-refractivity contribution in [3.63, 3.8) is 0 Å². The number of nitrogen functional groups attached to an aromatic ring is 1. The fourth-order valence-corrected chi connectivity index (χ4v) is 4.98. The molecule has 0 saturated carbocycles. The molecule has 0 amide bonds. The molecule has 21 heavy (non-hydrogen) atoms. The van der Waals surface area contributed by atoms with Crippen molar-refractivity contribution in [2.75, 3.05) is 5.73 Å². The van der Waals surface area contributed by atoms with E-state index < -0.39 is 27.3 Å². The van der Waals surface area contributed by atoms with Crippen LogP contribution < -0.4 is 5.73 Å². The number of halogens is 4. The number of anilines is 1. The van der Waals surface area contributed by atoms with Crippen LogP contribution in [0.4, 0.5) is 18.9 Å². The lowest BCUT2D eigenvalue weighted by molar-refractivity contribution is -0.137. The van der Waals surface area contributed by atoms with Crippen LogP contribution in [0.3, 0.4) is 0 Å². The van der Waals surface area contributed by atoms with Crippen LogP contribution in [0.2, 0.25) is 0 Å². The molecule has 0 saturated heterocycles. The minimum absolute atomic E-state index is 0.292. The van der Waals surface area contributed by atoms with Gasteiger partial charge in [0.25, 0.3) is 0 Å². The lowest BCUT2D eigenvalue weighted by atomic mass is 10.2. The fourth-order valence-electron chi connectivity index (χ4n) is 1.70. The Morgan fingerprint density at radius 1 is 1.24 bits per heavy atom. The number of thiophene rings is 1. The van der Waals surface area contributed by atoms with Crippen molar-refractivity contribution in [3.8, 4) is 0 Å². The second-order valence-corrected chi connectivity index (χ2v) is 8.11. The molecule has 0 aliphatic carbocycles. The number of rotatable bonds is 3. The Bertz CT molecular complexity index is 769. The maximum absolute atomic E-state index is 12.5. The fraction of sp³-hybridized carbons (Fsp3) is 0.167. The van der Waals surface area contributed by atoms with Gasteiger partial charge in [-0.15, -0.1) is 11.3 Å². The summed E-state index contributed by atoms with van der Waals surface area (Å²) in [6.07, 6.45) is -4.56. The van der Waals surface area contributed by atoms with Crippen molar-refractivity contribution in [1.29, 1.82) is 0 Å². The van der Waals surface area contributed by atoms with Crippen molar-refractivity contribution in [1.82, 2.24) is 0 Å². The predicted molar refractivity (Wildman–Crippen MR) is 78.8 cm³/mol. The summed E-state index contributed by atoms with van der Waals surface area (Å²) < 4.78 is 62.8. The SMILES string of the molecule is Nc1cc(C(F)(F)F)ccc1S(=O)(=O)Cc1cc(Br)cs1. The largest absolute Gasteiger partial charge is 0.416 e. The third-order valence-corrected chi connectivity index (χ3v) is 6.24. The van der Waals surface area contributed by atoms with E-state index in [0.29, 0.717) is 17.0 Å². The van der Waals surface area contributed by atoms with Gasteiger partial charge >= 0.3 is 6.18 Å². The van der Waals surface area contributed by atoms with Crippen LogP contribution in [0.15, 0.2) is 39.0 Å². The summed E-state index contributed by atoms with van der Waals surface area (Å²) in [6, 6.07) is 3.89. The van der Waals surface area contributed by atoms with E-state index in [1.807, 2.05) is 0 Å².